The fourth-order valence-corrected chi connectivity index (χ4v) is 4.58. The third-order valence-corrected chi connectivity index (χ3v) is 6.11. The second-order valence-electron chi connectivity index (χ2n) is 6.97. The van der Waals surface area contributed by atoms with Crippen molar-refractivity contribution in [3.05, 3.63) is 64.4 Å². The summed E-state index contributed by atoms with van der Waals surface area (Å²) >= 11 is 1.39. The maximum absolute atomic E-state index is 12.9. The molecule has 1 aromatic carbocycles. The zero-order valence-electron chi connectivity index (χ0n) is 15.5. The number of benzene rings is 1. The predicted octanol–water partition coefficient (Wildman–Crippen LogP) is 2.72. The molecular weight excluding hydrogens is 388 g/mol. The number of imidazole rings is 1. The molecule has 5 rings (SSSR count). The van der Waals surface area contributed by atoms with E-state index in [9.17, 15) is 9.59 Å². The Kier molecular flexibility index (Phi) is 4.44. The number of fused-ring (bicyclic) bond motifs is 1. The molecule has 1 aliphatic rings. The summed E-state index contributed by atoms with van der Waals surface area (Å²) in [4.78, 5) is 42.7. The highest BCUT2D eigenvalue weighted by Gasteiger charge is 2.27. The molecular formula is C20H18N6O2S. The molecule has 29 heavy (non-hydrogen) atoms. The molecule has 1 aliphatic heterocycles. The minimum Gasteiger partial charge on any atom is -0.337 e. The van der Waals surface area contributed by atoms with Crippen LogP contribution in [0, 0.1) is 0 Å². The number of carbonyl (C=O) groups excluding carboxylic acids is 1. The summed E-state index contributed by atoms with van der Waals surface area (Å²) in [6, 6.07) is 7.78. The molecule has 8 nitrogen and oxygen atoms in total. The van der Waals surface area contributed by atoms with Gasteiger partial charge in [-0.05, 0) is 25.0 Å². The summed E-state index contributed by atoms with van der Waals surface area (Å²) in [6.07, 6.45) is 6.31. The van der Waals surface area contributed by atoms with Crippen molar-refractivity contribution in [1.82, 2.24) is 29.4 Å². The summed E-state index contributed by atoms with van der Waals surface area (Å²) in [7, 11) is 0. The Balaban J connectivity index is 1.31. The van der Waals surface area contributed by atoms with Crippen LogP contribution in [-0.4, -0.2) is 48.4 Å². The van der Waals surface area contributed by atoms with Gasteiger partial charge in [0.05, 0.1) is 17.2 Å². The van der Waals surface area contributed by atoms with Crippen molar-refractivity contribution in [2.45, 2.75) is 18.9 Å². The second kappa shape index (κ2) is 7.25. The number of thiazole rings is 1. The van der Waals surface area contributed by atoms with Crippen LogP contribution in [0.4, 0.5) is 0 Å². The van der Waals surface area contributed by atoms with E-state index in [-0.39, 0.29) is 17.6 Å². The van der Waals surface area contributed by atoms with Crippen LogP contribution in [0.1, 0.15) is 29.4 Å². The van der Waals surface area contributed by atoms with Crippen LogP contribution < -0.4 is 5.69 Å². The fourth-order valence-electron chi connectivity index (χ4n) is 3.83. The average molecular weight is 406 g/mol. The topological polar surface area (TPSA) is 96.8 Å². The third-order valence-electron chi connectivity index (χ3n) is 5.25. The number of aromatic amines is 1. The molecule has 0 radical (unpaired) electrons. The summed E-state index contributed by atoms with van der Waals surface area (Å²) < 4.78 is 1.83. The van der Waals surface area contributed by atoms with E-state index in [1.807, 2.05) is 33.7 Å². The molecule has 0 spiro atoms. The van der Waals surface area contributed by atoms with Crippen molar-refractivity contribution in [2.24, 2.45) is 0 Å². The minimum absolute atomic E-state index is 0.0771. The number of piperidine rings is 1. The van der Waals surface area contributed by atoms with Gasteiger partial charge in [0.1, 0.15) is 16.4 Å². The van der Waals surface area contributed by atoms with Crippen molar-refractivity contribution in [3.8, 4) is 10.7 Å². The SMILES string of the molecule is O=C(c1csc(-c2cnccn2)n1)N1CCC(n2c(=O)[nH]c3ccccc32)CC1. The van der Waals surface area contributed by atoms with Gasteiger partial charge in [-0.15, -0.1) is 11.3 Å². The highest BCUT2D eigenvalue weighted by Crippen LogP contribution is 2.27. The first kappa shape index (κ1) is 17.7. The lowest BCUT2D eigenvalue weighted by Gasteiger charge is -2.32. The summed E-state index contributed by atoms with van der Waals surface area (Å²) in [6.45, 7) is 1.18. The van der Waals surface area contributed by atoms with Gasteiger partial charge >= 0.3 is 5.69 Å². The first-order valence-electron chi connectivity index (χ1n) is 9.41. The normalized spacial score (nSPS) is 15.1. The number of amides is 1. The fraction of sp³-hybridized carbons (Fsp3) is 0.250. The molecule has 0 atom stereocenters. The van der Waals surface area contributed by atoms with Crippen molar-refractivity contribution in [3.63, 3.8) is 0 Å². The van der Waals surface area contributed by atoms with E-state index in [4.69, 9.17) is 0 Å². The minimum atomic E-state index is -0.0934. The predicted molar refractivity (Wildman–Crippen MR) is 110 cm³/mol. The molecule has 1 amide bonds. The third kappa shape index (κ3) is 3.23. The van der Waals surface area contributed by atoms with Crippen molar-refractivity contribution in [2.75, 3.05) is 13.1 Å². The van der Waals surface area contributed by atoms with Gasteiger partial charge in [0.15, 0.2) is 0 Å². The molecule has 0 saturated carbocycles. The number of hydrogen-bond acceptors (Lipinski definition) is 6. The number of nitrogens with zero attached hydrogens (tertiary/aromatic N) is 5. The standard InChI is InChI=1S/C20H18N6O2S/c27-19(16-12-29-18(23-16)15-11-21-7-8-22-15)25-9-5-13(6-10-25)26-17-4-2-1-3-14(17)24-20(26)28/h1-4,7-8,11-13H,5-6,9-10H2,(H,24,28). The number of carbonyl (C=O) groups is 1. The molecule has 1 saturated heterocycles. The van der Waals surface area contributed by atoms with Crippen LogP contribution in [0.3, 0.4) is 0 Å². The molecule has 3 aromatic heterocycles. The average Bonchev–Trinajstić information content (AvgIpc) is 3.38. The number of H-pyrrole nitrogens is 1. The molecule has 0 aliphatic carbocycles. The van der Waals surface area contributed by atoms with Crippen molar-refractivity contribution >= 4 is 28.3 Å². The maximum Gasteiger partial charge on any atom is 0.326 e. The Labute approximate surface area is 169 Å². The first-order valence-corrected chi connectivity index (χ1v) is 10.3. The number of hydrogen-bond donors (Lipinski definition) is 1. The van der Waals surface area contributed by atoms with E-state index < -0.39 is 0 Å². The van der Waals surface area contributed by atoms with Gasteiger partial charge in [-0.3, -0.25) is 19.3 Å². The molecule has 1 fully saturated rings. The Hall–Kier alpha value is -3.33. The monoisotopic (exact) mass is 406 g/mol. The lowest BCUT2D eigenvalue weighted by atomic mass is 10.0. The Morgan fingerprint density at radius 3 is 2.79 bits per heavy atom. The van der Waals surface area contributed by atoms with E-state index in [1.165, 1.54) is 11.3 Å². The Morgan fingerprint density at radius 2 is 2.00 bits per heavy atom. The second-order valence-corrected chi connectivity index (χ2v) is 7.83. The Morgan fingerprint density at radius 1 is 1.17 bits per heavy atom. The molecule has 1 N–H and O–H groups in total. The van der Waals surface area contributed by atoms with Gasteiger partial charge < -0.3 is 9.88 Å². The maximum atomic E-state index is 12.9. The first-order chi connectivity index (χ1) is 14.2. The summed E-state index contributed by atoms with van der Waals surface area (Å²) in [5.74, 6) is -0.0823. The highest BCUT2D eigenvalue weighted by molar-refractivity contribution is 7.13. The van der Waals surface area contributed by atoms with Crippen molar-refractivity contribution in [1.29, 1.82) is 0 Å². The Bertz CT molecular complexity index is 1220. The lowest BCUT2D eigenvalue weighted by molar-refractivity contribution is 0.0690. The van der Waals surface area contributed by atoms with E-state index in [0.717, 1.165) is 23.9 Å². The zero-order valence-corrected chi connectivity index (χ0v) is 16.3. The van der Waals surface area contributed by atoms with Gasteiger partial charge in [-0.2, -0.15) is 0 Å². The lowest BCUT2D eigenvalue weighted by Crippen LogP contribution is -2.40. The molecule has 146 valence electrons. The van der Waals surface area contributed by atoms with Crippen molar-refractivity contribution < 1.29 is 4.79 Å². The van der Waals surface area contributed by atoms with E-state index in [0.29, 0.717) is 29.5 Å². The largest absolute Gasteiger partial charge is 0.337 e. The molecule has 0 unspecified atom stereocenters. The van der Waals surface area contributed by atoms with Gasteiger partial charge in [-0.1, -0.05) is 12.1 Å². The number of rotatable bonds is 3. The van der Waals surface area contributed by atoms with Crippen LogP contribution in [0.15, 0.2) is 53.0 Å². The van der Waals surface area contributed by atoms with E-state index >= 15 is 0 Å². The molecule has 0 bridgehead atoms. The van der Waals surface area contributed by atoms with Crippen LogP contribution >= 0.6 is 11.3 Å². The van der Waals surface area contributed by atoms with Crippen LogP contribution in [0.2, 0.25) is 0 Å². The van der Waals surface area contributed by atoms with Crippen LogP contribution in [0.25, 0.3) is 21.7 Å². The van der Waals surface area contributed by atoms with Gasteiger partial charge in [0.25, 0.3) is 5.91 Å². The zero-order chi connectivity index (χ0) is 19.8. The molecule has 9 heteroatoms. The van der Waals surface area contributed by atoms with Crippen LogP contribution in [0.5, 0.6) is 0 Å². The van der Waals surface area contributed by atoms with E-state index in [2.05, 4.69) is 19.9 Å². The number of likely N-dealkylation sites (tertiary alicyclic amines) is 1. The smallest absolute Gasteiger partial charge is 0.326 e. The van der Waals surface area contributed by atoms with Gasteiger partial charge in [-0.25, -0.2) is 9.78 Å². The highest BCUT2D eigenvalue weighted by atomic mass is 32.1. The van der Waals surface area contributed by atoms with Crippen LogP contribution in [-0.2, 0) is 0 Å². The summed E-state index contributed by atoms with van der Waals surface area (Å²) in [5, 5.41) is 2.45. The quantitative estimate of drug-likeness (QED) is 0.564. The molecule has 4 aromatic rings. The number of para-hydroxylation sites is 2. The number of aromatic nitrogens is 5. The van der Waals surface area contributed by atoms with Gasteiger partial charge in [0, 0.05) is 36.9 Å². The van der Waals surface area contributed by atoms with E-state index in [1.54, 1.807) is 24.0 Å². The molecule has 4 heterocycles. The number of nitrogens with one attached hydrogen (secondary N) is 1. The summed E-state index contributed by atoms with van der Waals surface area (Å²) in [5.41, 5.74) is 2.75. The van der Waals surface area contributed by atoms with Gasteiger partial charge in [0.2, 0.25) is 0 Å².